The van der Waals surface area contributed by atoms with Crippen LogP contribution >= 0.6 is 23.3 Å². The smallest absolute Gasteiger partial charge is 0.176 e. The van der Waals surface area contributed by atoms with Crippen molar-refractivity contribution < 1.29 is 0 Å². The van der Waals surface area contributed by atoms with Gasteiger partial charge in [-0.3, -0.25) is 0 Å². The highest BCUT2D eigenvalue weighted by atomic mass is 32.2. The van der Waals surface area contributed by atoms with Gasteiger partial charge in [0.1, 0.15) is 23.0 Å². The molecule has 0 aliphatic carbocycles. The van der Waals surface area contributed by atoms with Crippen molar-refractivity contribution in [3.05, 3.63) is 17.7 Å². The van der Waals surface area contributed by atoms with Crippen molar-refractivity contribution in [3.8, 4) is 0 Å². The van der Waals surface area contributed by atoms with Crippen LogP contribution in [-0.2, 0) is 0 Å². The Labute approximate surface area is 102 Å². The molecule has 0 saturated heterocycles. The molecule has 2 rings (SSSR count). The van der Waals surface area contributed by atoms with E-state index in [0.29, 0.717) is 0 Å². The summed E-state index contributed by atoms with van der Waals surface area (Å²) in [5.41, 5.74) is 1.04. The summed E-state index contributed by atoms with van der Waals surface area (Å²) >= 11 is 2.89. The predicted octanol–water partition coefficient (Wildman–Crippen LogP) is 2.14. The van der Waals surface area contributed by atoms with Crippen molar-refractivity contribution in [1.82, 2.24) is 19.3 Å². The number of nitrogens with zero attached hydrogens (tertiary/aromatic N) is 4. The second kappa shape index (κ2) is 4.75. The monoisotopic (exact) mass is 253 g/mol. The number of hydrogen-bond acceptors (Lipinski definition) is 7. The highest BCUT2D eigenvalue weighted by Gasteiger charge is 2.10. The number of nitrogens with one attached hydrogen (secondary N) is 1. The lowest BCUT2D eigenvalue weighted by Gasteiger charge is -2.08. The van der Waals surface area contributed by atoms with E-state index in [1.807, 2.05) is 20.9 Å². The summed E-state index contributed by atoms with van der Waals surface area (Å²) in [4.78, 5) is 12.8. The van der Waals surface area contributed by atoms with Crippen LogP contribution in [0.15, 0.2) is 15.7 Å². The van der Waals surface area contributed by atoms with Gasteiger partial charge in [0.2, 0.25) is 0 Å². The third kappa shape index (κ3) is 2.30. The minimum atomic E-state index is 0.752. The number of aryl methyl sites for hydroxylation is 1. The lowest BCUT2D eigenvalue weighted by Crippen LogP contribution is -2.01. The van der Waals surface area contributed by atoms with Gasteiger partial charge in [0.25, 0.3) is 0 Å². The van der Waals surface area contributed by atoms with Crippen molar-refractivity contribution in [2.24, 2.45) is 0 Å². The van der Waals surface area contributed by atoms with Gasteiger partial charge in [0.15, 0.2) is 4.34 Å². The van der Waals surface area contributed by atoms with Gasteiger partial charge in [-0.25, -0.2) is 15.0 Å². The Morgan fingerprint density at radius 1 is 1.31 bits per heavy atom. The lowest BCUT2D eigenvalue weighted by molar-refractivity contribution is 0.940. The molecule has 0 aromatic carbocycles. The summed E-state index contributed by atoms with van der Waals surface area (Å²) in [6.45, 7) is 3.87. The Kier molecular flexibility index (Phi) is 3.35. The van der Waals surface area contributed by atoms with Crippen LogP contribution in [0, 0.1) is 13.8 Å². The van der Waals surface area contributed by atoms with Crippen molar-refractivity contribution >= 4 is 29.1 Å². The zero-order chi connectivity index (χ0) is 11.5. The third-order valence-corrected chi connectivity index (χ3v) is 3.78. The molecule has 0 unspecified atom stereocenters. The number of anilines is 1. The van der Waals surface area contributed by atoms with E-state index in [9.17, 15) is 0 Å². The van der Waals surface area contributed by atoms with E-state index < -0.39 is 0 Å². The van der Waals surface area contributed by atoms with Crippen LogP contribution in [0.1, 0.15) is 11.4 Å². The van der Waals surface area contributed by atoms with E-state index >= 15 is 0 Å². The molecule has 5 nitrogen and oxygen atoms in total. The molecule has 1 N–H and O–H groups in total. The Bertz CT molecular complexity index is 483. The van der Waals surface area contributed by atoms with E-state index in [1.165, 1.54) is 23.3 Å². The van der Waals surface area contributed by atoms with E-state index in [2.05, 4.69) is 24.6 Å². The second-order valence-electron chi connectivity index (χ2n) is 3.11. The maximum Gasteiger partial charge on any atom is 0.176 e. The molecule has 0 amide bonds. The molecule has 0 aliphatic heterocycles. The van der Waals surface area contributed by atoms with Crippen LogP contribution in [0.5, 0.6) is 0 Å². The third-order valence-electron chi connectivity index (χ3n) is 1.97. The van der Waals surface area contributed by atoms with Crippen molar-refractivity contribution in [2.45, 2.75) is 23.2 Å². The molecule has 0 saturated carbocycles. The molecule has 0 radical (unpaired) electrons. The first-order chi connectivity index (χ1) is 7.70. The van der Waals surface area contributed by atoms with Crippen molar-refractivity contribution in [3.63, 3.8) is 0 Å². The van der Waals surface area contributed by atoms with E-state index in [1.54, 1.807) is 6.33 Å². The second-order valence-corrected chi connectivity index (χ2v) is 5.12. The number of aromatic nitrogens is 4. The van der Waals surface area contributed by atoms with Gasteiger partial charge in [0.05, 0.1) is 0 Å². The Hall–Kier alpha value is -1.21. The summed E-state index contributed by atoms with van der Waals surface area (Å²) < 4.78 is 4.86. The molecule has 2 heterocycles. The average Bonchev–Trinajstić information content (AvgIpc) is 2.75. The molecule has 0 spiro atoms. The summed E-state index contributed by atoms with van der Waals surface area (Å²) in [7, 11) is 1.86. The zero-order valence-corrected chi connectivity index (χ0v) is 10.8. The minimum Gasteiger partial charge on any atom is -0.373 e. The van der Waals surface area contributed by atoms with Crippen LogP contribution in [-0.4, -0.2) is 26.4 Å². The summed E-state index contributed by atoms with van der Waals surface area (Å²) in [6.07, 6.45) is 1.55. The zero-order valence-electron chi connectivity index (χ0n) is 9.18. The molecule has 7 heteroatoms. The van der Waals surface area contributed by atoms with Crippen LogP contribution in [0.3, 0.4) is 0 Å². The topological polar surface area (TPSA) is 63.6 Å². The number of hydrogen-bond donors (Lipinski definition) is 1. The van der Waals surface area contributed by atoms with Crippen molar-refractivity contribution in [2.75, 3.05) is 12.4 Å². The van der Waals surface area contributed by atoms with Gasteiger partial charge in [-0.05, 0) is 37.1 Å². The molecule has 0 fully saturated rings. The van der Waals surface area contributed by atoms with E-state index in [0.717, 1.165) is 26.6 Å². The largest absolute Gasteiger partial charge is 0.373 e. The predicted molar refractivity (Wildman–Crippen MR) is 65.1 cm³/mol. The lowest BCUT2D eigenvalue weighted by atomic mass is 10.3. The molecule has 0 aliphatic rings. The summed E-state index contributed by atoms with van der Waals surface area (Å²) in [6, 6.07) is 0. The van der Waals surface area contributed by atoms with E-state index in [4.69, 9.17) is 0 Å². The van der Waals surface area contributed by atoms with Gasteiger partial charge in [-0.1, -0.05) is 0 Å². The minimum absolute atomic E-state index is 0.752. The highest BCUT2D eigenvalue weighted by molar-refractivity contribution is 8.00. The molecule has 84 valence electrons. The Morgan fingerprint density at radius 3 is 2.75 bits per heavy atom. The van der Waals surface area contributed by atoms with Gasteiger partial charge in [-0.15, -0.1) is 0 Å². The molecule has 16 heavy (non-hydrogen) atoms. The molecular formula is C9H11N5S2. The van der Waals surface area contributed by atoms with Crippen LogP contribution in [0.2, 0.25) is 0 Å². The highest BCUT2D eigenvalue weighted by Crippen LogP contribution is 2.31. The fraction of sp³-hybridized carbons (Fsp3) is 0.333. The van der Waals surface area contributed by atoms with Gasteiger partial charge in [-0.2, -0.15) is 4.37 Å². The molecule has 0 bridgehead atoms. The average molecular weight is 253 g/mol. The first-order valence-electron chi connectivity index (χ1n) is 4.68. The quantitative estimate of drug-likeness (QED) is 0.845. The molecule has 2 aromatic rings. The van der Waals surface area contributed by atoms with Crippen molar-refractivity contribution in [1.29, 1.82) is 0 Å². The van der Waals surface area contributed by atoms with E-state index in [-0.39, 0.29) is 0 Å². The Morgan fingerprint density at radius 2 is 2.12 bits per heavy atom. The standard InChI is InChI=1S/C9H11N5S2/c1-5-7(10-3)13-6(2)14-8(5)15-9-11-4-12-16-9/h4H,1-3H3,(H,10,13,14). The molecular weight excluding hydrogens is 242 g/mol. The van der Waals surface area contributed by atoms with Crippen LogP contribution in [0.4, 0.5) is 5.82 Å². The maximum absolute atomic E-state index is 4.41. The van der Waals surface area contributed by atoms with Gasteiger partial charge in [0, 0.05) is 12.6 Å². The molecule has 2 aromatic heterocycles. The van der Waals surface area contributed by atoms with Crippen LogP contribution < -0.4 is 5.32 Å². The Balaban J connectivity index is 2.36. The molecule has 0 atom stereocenters. The first kappa shape index (κ1) is 11.3. The summed E-state index contributed by atoms with van der Waals surface area (Å²) in [5, 5.41) is 3.98. The SMILES string of the molecule is CNc1nc(C)nc(Sc2ncns2)c1C. The van der Waals surface area contributed by atoms with Gasteiger partial charge >= 0.3 is 0 Å². The first-order valence-corrected chi connectivity index (χ1v) is 6.27. The van der Waals surface area contributed by atoms with Gasteiger partial charge < -0.3 is 5.32 Å². The summed E-state index contributed by atoms with van der Waals surface area (Å²) in [5.74, 6) is 1.61. The van der Waals surface area contributed by atoms with Crippen LogP contribution in [0.25, 0.3) is 0 Å². The normalized spacial score (nSPS) is 10.4. The maximum atomic E-state index is 4.41. The fourth-order valence-electron chi connectivity index (χ4n) is 1.24. The number of rotatable bonds is 3. The fourth-order valence-corrected chi connectivity index (χ4v) is 2.72.